The summed E-state index contributed by atoms with van der Waals surface area (Å²) < 4.78 is 1.03. The second-order valence-corrected chi connectivity index (χ2v) is 7.67. The zero-order valence-electron chi connectivity index (χ0n) is 15.6. The minimum atomic E-state index is -0.291. The van der Waals surface area contributed by atoms with Gasteiger partial charge in [-0.1, -0.05) is 91.0 Å². The van der Waals surface area contributed by atoms with E-state index in [1.165, 1.54) is 5.39 Å². The summed E-state index contributed by atoms with van der Waals surface area (Å²) in [4.78, 5) is 9.85. The molecule has 1 atom stereocenters. The number of halogens is 1. The van der Waals surface area contributed by atoms with Gasteiger partial charge in [-0.15, -0.1) is 0 Å². The Morgan fingerprint density at radius 2 is 1.31 bits per heavy atom. The topological polar surface area (TPSA) is 36.8 Å². The zero-order valence-corrected chi connectivity index (χ0v) is 17.2. The molecule has 3 nitrogen and oxygen atoms in total. The molecule has 0 saturated heterocycles. The fourth-order valence-electron chi connectivity index (χ4n) is 3.52. The molecule has 4 aromatic carbocycles. The quantitative estimate of drug-likeness (QED) is 0.411. The van der Waals surface area contributed by atoms with Gasteiger partial charge in [0.15, 0.2) is 6.17 Å². The number of benzene rings is 4. The van der Waals surface area contributed by atoms with E-state index in [4.69, 9.17) is 9.98 Å². The van der Waals surface area contributed by atoms with Gasteiger partial charge in [0.05, 0.1) is 0 Å². The van der Waals surface area contributed by atoms with E-state index in [-0.39, 0.29) is 6.17 Å². The van der Waals surface area contributed by atoms with Crippen molar-refractivity contribution in [1.82, 2.24) is 5.32 Å². The van der Waals surface area contributed by atoms with Crippen LogP contribution in [0.25, 0.3) is 10.8 Å². The molecular formula is C25H18BrN3. The van der Waals surface area contributed by atoms with Crippen LogP contribution in [0, 0.1) is 0 Å². The van der Waals surface area contributed by atoms with Crippen molar-refractivity contribution in [3.05, 3.63) is 118 Å². The van der Waals surface area contributed by atoms with Crippen molar-refractivity contribution in [2.24, 2.45) is 9.98 Å². The second kappa shape index (κ2) is 7.64. The highest BCUT2D eigenvalue weighted by Crippen LogP contribution is 2.30. The van der Waals surface area contributed by atoms with E-state index >= 15 is 0 Å². The highest BCUT2D eigenvalue weighted by atomic mass is 79.9. The average molecular weight is 440 g/mol. The van der Waals surface area contributed by atoms with Crippen molar-refractivity contribution in [2.75, 3.05) is 0 Å². The van der Waals surface area contributed by atoms with Crippen molar-refractivity contribution in [2.45, 2.75) is 6.17 Å². The predicted octanol–water partition coefficient (Wildman–Crippen LogP) is 6.10. The first-order chi connectivity index (χ1) is 14.3. The molecular weight excluding hydrogens is 422 g/mol. The number of fused-ring (bicyclic) bond motifs is 1. The average Bonchev–Trinajstić information content (AvgIpc) is 2.80. The maximum absolute atomic E-state index is 4.95. The number of hydrogen-bond acceptors (Lipinski definition) is 3. The number of nitrogens with one attached hydrogen (secondary N) is 1. The SMILES string of the molecule is Brc1c(C2=NC(c3ccccc3)N=C(c3ccccc3)N2)ccc2ccccc12. The lowest BCUT2D eigenvalue weighted by Crippen LogP contribution is -2.36. The Morgan fingerprint density at radius 1 is 0.655 bits per heavy atom. The first-order valence-corrected chi connectivity index (χ1v) is 10.3. The highest BCUT2D eigenvalue weighted by molar-refractivity contribution is 9.10. The molecule has 0 saturated carbocycles. The number of amidine groups is 2. The predicted molar refractivity (Wildman–Crippen MR) is 123 cm³/mol. The summed E-state index contributed by atoms with van der Waals surface area (Å²) in [6.07, 6.45) is -0.291. The molecule has 1 unspecified atom stereocenters. The highest BCUT2D eigenvalue weighted by Gasteiger charge is 2.22. The monoisotopic (exact) mass is 439 g/mol. The van der Waals surface area contributed by atoms with Crippen LogP contribution >= 0.6 is 15.9 Å². The van der Waals surface area contributed by atoms with Crippen LogP contribution in [0.5, 0.6) is 0 Å². The van der Waals surface area contributed by atoms with Crippen molar-refractivity contribution in [1.29, 1.82) is 0 Å². The van der Waals surface area contributed by atoms with Gasteiger partial charge in [0.2, 0.25) is 0 Å². The normalized spacial score (nSPS) is 16.1. The van der Waals surface area contributed by atoms with Crippen LogP contribution in [-0.4, -0.2) is 11.7 Å². The van der Waals surface area contributed by atoms with Gasteiger partial charge < -0.3 is 5.32 Å². The Kier molecular flexibility index (Phi) is 4.70. The molecule has 0 aromatic heterocycles. The number of aliphatic imine (C=N–C) groups is 2. The molecule has 0 radical (unpaired) electrons. The Bertz CT molecular complexity index is 1230. The molecule has 140 valence electrons. The molecule has 0 amide bonds. The summed E-state index contributed by atoms with van der Waals surface area (Å²) in [5.74, 6) is 1.63. The Labute approximate surface area is 178 Å². The van der Waals surface area contributed by atoms with Gasteiger partial charge in [-0.25, -0.2) is 9.98 Å². The fraction of sp³-hybridized carbons (Fsp3) is 0.0400. The molecule has 1 aliphatic heterocycles. The van der Waals surface area contributed by atoms with Crippen LogP contribution in [-0.2, 0) is 0 Å². The molecule has 4 heteroatoms. The summed E-state index contributed by atoms with van der Waals surface area (Å²) in [5, 5.41) is 5.81. The summed E-state index contributed by atoms with van der Waals surface area (Å²) in [6.45, 7) is 0. The summed E-state index contributed by atoms with van der Waals surface area (Å²) >= 11 is 3.81. The van der Waals surface area contributed by atoms with Crippen molar-refractivity contribution >= 4 is 38.4 Å². The molecule has 5 rings (SSSR count). The molecule has 29 heavy (non-hydrogen) atoms. The first-order valence-electron chi connectivity index (χ1n) is 9.50. The largest absolute Gasteiger partial charge is 0.324 e. The Hall–Kier alpha value is -3.24. The summed E-state index contributed by atoms with van der Waals surface area (Å²) in [6, 6.07) is 32.9. The maximum atomic E-state index is 4.95. The van der Waals surface area contributed by atoms with E-state index in [1.54, 1.807) is 0 Å². The van der Waals surface area contributed by atoms with Gasteiger partial charge in [0.25, 0.3) is 0 Å². The third-order valence-corrected chi connectivity index (χ3v) is 5.86. The molecule has 0 aliphatic carbocycles. The van der Waals surface area contributed by atoms with Gasteiger partial charge in [0, 0.05) is 15.6 Å². The van der Waals surface area contributed by atoms with E-state index in [1.807, 2.05) is 36.4 Å². The molecule has 0 fully saturated rings. The van der Waals surface area contributed by atoms with Crippen LogP contribution < -0.4 is 5.32 Å². The Balaban J connectivity index is 1.64. The summed E-state index contributed by atoms with van der Waals surface area (Å²) in [7, 11) is 0. The van der Waals surface area contributed by atoms with E-state index in [2.05, 4.69) is 81.9 Å². The van der Waals surface area contributed by atoms with E-state index in [9.17, 15) is 0 Å². The van der Waals surface area contributed by atoms with Gasteiger partial charge in [-0.3, -0.25) is 0 Å². The van der Waals surface area contributed by atoms with Crippen LogP contribution in [0.15, 0.2) is 112 Å². The number of hydrogen-bond donors (Lipinski definition) is 1. The first kappa shape index (κ1) is 17.8. The fourth-order valence-corrected chi connectivity index (χ4v) is 4.20. The van der Waals surface area contributed by atoms with Crippen LogP contribution in [0.1, 0.15) is 22.9 Å². The van der Waals surface area contributed by atoms with Gasteiger partial charge >= 0.3 is 0 Å². The smallest absolute Gasteiger partial charge is 0.169 e. The number of rotatable bonds is 3. The minimum absolute atomic E-state index is 0.291. The Morgan fingerprint density at radius 3 is 2.10 bits per heavy atom. The standard InChI is InChI=1S/C25H18BrN3/c26-22-20-14-8-7-9-17(20)15-16-21(22)25-28-23(18-10-3-1-4-11-18)27-24(29-25)19-12-5-2-6-13-19/h1-16,23H,(H,27,28,29). The van der Waals surface area contributed by atoms with E-state index < -0.39 is 0 Å². The maximum Gasteiger partial charge on any atom is 0.169 e. The van der Waals surface area contributed by atoms with Gasteiger partial charge in [-0.2, -0.15) is 0 Å². The van der Waals surface area contributed by atoms with Crippen molar-refractivity contribution in [3.8, 4) is 0 Å². The third kappa shape index (κ3) is 3.47. The number of nitrogens with zero attached hydrogens (tertiary/aromatic N) is 2. The summed E-state index contributed by atoms with van der Waals surface area (Å²) in [5.41, 5.74) is 3.13. The van der Waals surface area contributed by atoms with E-state index in [0.717, 1.165) is 38.2 Å². The molecule has 1 heterocycles. The minimum Gasteiger partial charge on any atom is -0.324 e. The second-order valence-electron chi connectivity index (χ2n) is 6.88. The van der Waals surface area contributed by atoms with Crippen LogP contribution in [0.2, 0.25) is 0 Å². The van der Waals surface area contributed by atoms with Gasteiger partial charge in [0.1, 0.15) is 11.7 Å². The van der Waals surface area contributed by atoms with Crippen LogP contribution in [0.4, 0.5) is 0 Å². The van der Waals surface area contributed by atoms with Crippen LogP contribution in [0.3, 0.4) is 0 Å². The molecule has 4 aromatic rings. The molecule has 1 aliphatic rings. The van der Waals surface area contributed by atoms with Crippen molar-refractivity contribution < 1.29 is 0 Å². The lowest BCUT2D eigenvalue weighted by molar-refractivity contribution is 0.755. The lowest BCUT2D eigenvalue weighted by atomic mass is 10.0. The van der Waals surface area contributed by atoms with E-state index in [0.29, 0.717) is 0 Å². The van der Waals surface area contributed by atoms with Gasteiger partial charge in [-0.05, 0) is 38.3 Å². The zero-order chi connectivity index (χ0) is 19.6. The molecule has 0 spiro atoms. The molecule has 1 N–H and O–H groups in total. The van der Waals surface area contributed by atoms with Crippen molar-refractivity contribution in [3.63, 3.8) is 0 Å². The third-order valence-electron chi connectivity index (χ3n) is 5.00. The molecule has 0 bridgehead atoms. The lowest BCUT2D eigenvalue weighted by Gasteiger charge is -2.23.